The Morgan fingerprint density at radius 3 is 2.71 bits per heavy atom. The van der Waals surface area contributed by atoms with Crippen LogP contribution in [0.1, 0.15) is 35.8 Å². The normalized spacial score (nSPS) is 15.5. The molecule has 0 bridgehead atoms. The van der Waals surface area contributed by atoms with Gasteiger partial charge in [0.25, 0.3) is 5.91 Å². The lowest BCUT2D eigenvalue weighted by Crippen LogP contribution is -2.47. The number of likely N-dealkylation sites (tertiary alicyclic amines) is 1. The van der Waals surface area contributed by atoms with Gasteiger partial charge in [0.15, 0.2) is 16.6 Å². The summed E-state index contributed by atoms with van der Waals surface area (Å²) in [5, 5.41) is 19.1. The number of nitrogens with one attached hydrogen (secondary N) is 3. The van der Waals surface area contributed by atoms with Gasteiger partial charge in [-0.3, -0.25) is 4.79 Å². The van der Waals surface area contributed by atoms with Crippen molar-refractivity contribution in [2.24, 2.45) is 5.41 Å². The van der Waals surface area contributed by atoms with Crippen LogP contribution in [0.2, 0.25) is 0 Å². The molecule has 1 saturated heterocycles. The molecule has 218 valence electrons. The molecule has 12 heteroatoms. The molecule has 4 heterocycles. The first-order valence-electron chi connectivity index (χ1n) is 13.5. The van der Waals surface area contributed by atoms with Crippen LogP contribution in [0.15, 0.2) is 70.2 Å². The molecule has 1 aliphatic heterocycles. The second kappa shape index (κ2) is 14.6. The molecule has 1 fully saturated rings. The number of thiazole rings is 1. The summed E-state index contributed by atoms with van der Waals surface area (Å²) in [7, 11) is 1.88. The monoisotopic (exact) mass is 597 g/mol. The van der Waals surface area contributed by atoms with E-state index in [1.165, 1.54) is 29.3 Å². The van der Waals surface area contributed by atoms with Gasteiger partial charge in [-0.2, -0.15) is 0 Å². The molecule has 0 saturated carbocycles. The number of rotatable bonds is 13. The number of aliphatic hydroxyl groups excluding tert-OH is 1. The van der Waals surface area contributed by atoms with Gasteiger partial charge in [0, 0.05) is 37.4 Å². The van der Waals surface area contributed by atoms with E-state index in [0.29, 0.717) is 28.9 Å². The molecule has 0 aromatic carbocycles. The second-order valence-corrected chi connectivity index (χ2v) is 12.1. The van der Waals surface area contributed by atoms with Crippen LogP contribution in [-0.2, 0) is 6.54 Å². The predicted octanol–water partition coefficient (Wildman–Crippen LogP) is 4.62. The maximum Gasteiger partial charge on any atom is 0.273 e. The van der Waals surface area contributed by atoms with Crippen LogP contribution < -0.4 is 16.0 Å². The van der Waals surface area contributed by atoms with Gasteiger partial charge in [-0.1, -0.05) is 47.9 Å². The summed E-state index contributed by atoms with van der Waals surface area (Å²) in [6.07, 6.45) is 10.3. The van der Waals surface area contributed by atoms with E-state index in [4.69, 9.17) is 0 Å². The fraction of sp³-hybridized carbons (Fsp3) is 0.379. The number of β-amino-alcohol motifs (C(OH)–C–C–N with tert-alkyl or cyclic N) is 1. The molecule has 0 aliphatic carbocycles. The number of aromatic nitrogens is 3. The zero-order valence-corrected chi connectivity index (χ0v) is 25.0. The highest BCUT2D eigenvalue weighted by atomic mass is 32.2. The quantitative estimate of drug-likeness (QED) is 0.210. The van der Waals surface area contributed by atoms with E-state index in [9.17, 15) is 9.90 Å². The minimum Gasteiger partial charge on any atom is -0.395 e. The molecular weight excluding hydrogens is 561 g/mol. The summed E-state index contributed by atoms with van der Waals surface area (Å²) in [5.74, 6) is -0.554. The van der Waals surface area contributed by atoms with Crippen LogP contribution in [0.25, 0.3) is 0 Å². The highest BCUT2D eigenvalue weighted by Gasteiger charge is 2.37. The van der Waals surface area contributed by atoms with Crippen LogP contribution in [0.4, 0.5) is 15.3 Å². The van der Waals surface area contributed by atoms with Crippen molar-refractivity contribution in [3.05, 3.63) is 78.2 Å². The molecule has 3 aromatic rings. The van der Waals surface area contributed by atoms with E-state index in [1.807, 2.05) is 38.3 Å². The van der Waals surface area contributed by atoms with Gasteiger partial charge in [0.05, 0.1) is 21.9 Å². The van der Waals surface area contributed by atoms with E-state index < -0.39 is 11.7 Å². The molecule has 1 aliphatic rings. The first-order valence-corrected chi connectivity index (χ1v) is 15.1. The lowest BCUT2D eigenvalue weighted by atomic mass is 9.72. The first kappa shape index (κ1) is 30.8. The summed E-state index contributed by atoms with van der Waals surface area (Å²) in [6, 6.07) is 5.41. The summed E-state index contributed by atoms with van der Waals surface area (Å²) in [4.78, 5) is 28.5. The standard InChI is InChI=1S/C29H36FN7O2S2/c1-4-21(5-2)29(9-12-37(13-10-29)14-15-38)19-35-27(39)26-25(30)22(8-11-32-26)40-24-18-34-28(41-24)36-23-7-6-20(16-31-3)17-33-23/h4-8,11,17-18,31,38H,1,9-10,12-16,19H2,2-3H3,(H,35,39)(H,33,34,36)/b21-5+. The Hall–Kier alpha value is -3.16. The third-order valence-corrected chi connectivity index (χ3v) is 9.21. The van der Waals surface area contributed by atoms with E-state index in [2.05, 4.69) is 42.4 Å². The van der Waals surface area contributed by atoms with Gasteiger partial charge in [-0.25, -0.2) is 19.3 Å². The third-order valence-electron chi connectivity index (χ3n) is 7.16. The SMILES string of the molecule is C=C/C(=C\C)C1(CNC(=O)c2nccc(Sc3cnc(Nc4ccc(CNC)cn4)s3)c2F)CCN(CCO)CC1. The summed E-state index contributed by atoms with van der Waals surface area (Å²) >= 11 is 2.56. The number of nitrogens with zero attached hydrogens (tertiary/aromatic N) is 4. The molecular formula is C29H36FN7O2S2. The van der Waals surface area contributed by atoms with Crippen molar-refractivity contribution in [3.63, 3.8) is 0 Å². The van der Waals surface area contributed by atoms with Gasteiger partial charge < -0.3 is 26.0 Å². The van der Waals surface area contributed by atoms with E-state index >= 15 is 4.39 Å². The Labute approximate surface area is 248 Å². The zero-order valence-electron chi connectivity index (χ0n) is 23.3. The number of carbonyl (C=O) groups is 1. The first-order chi connectivity index (χ1) is 19.9. The smallest absolute Gasteiger partial charge is 0.273 e. The minimum absolute atomic E-state index is 0.114. The van der Waals surface area contributed by atoms with Crippen LogP contribution in [0.3, 0.4) is 0 Å². The minimum atomic E-state index is -0.665. The average Bonchev–Trinajstić information content (AvgIpc) is 3.42. The fourth-order valence-electron chi connectivity index (χ4n) is 4.94. The summed E-state index contributed by atoms with van der Waals surface area (Å²) < 4.78 is 16.3. The highest BCUT2D eigenvalue weighted by molar-refractivity contribution is 8.01. The van der Waals surface area contributed by atoms with Crippen molar-refractivity contribution in [1.82, 2.24) is 30.5 Å². The molecule has 0 radical (unpaired) electrons. The van der Waals surface area contributed by atoms with Crippen LogP contribution in [0.5, 0.6) is 0 Å². The Morgan fingerprint density at radius 2 is 2.05 bits per heavy atom. The maximum atomic E-state index is 15.5. The van der Waals surface area contributed by atoms with Gasteiger partial charge in [-0.15, -0.1) is 0 Å². The van der Waals surface area contributed by atoms with Crippen molar-refractivity contribution >= 4 is 40.0 Å². The Kier molecular flexibility index (Phi) is 11.0. The second-order valence-electron chi connectivity index (χ2n) is 9.74. The van der Waals surface area contributed by atoms with E-state index in [-0.39, 0.29) is 17.7 Å². The Bertz CT molecular complexity index is 1360. The molecule has 4 rings (SSSR count). The van der Waals surface area contributed by atoms with Crippen molar-refractivity contribution in [3.8, 4) is 0 Å². The molecule has 0 unspecified atom stereocenters. The van der Waals surface area contributed by atoms with E-state index in [1.54, 1.807) is 18.5 Å². The maximum absolute atomic E-state index is 15.5. The molecule has 3 aromatic heterocycles. The van der Waals surface area contributed by atoms with Gasteiger partial charge in [0.2, 0.25) is 0 Å². The van der Waals surface area contributed by atoms with Gasteiger partial charge >= 0.3 is 0 Å². The lowest BCUT2D eigenvalue weighted by Gasteiger charge is -2.43. The van der Waals surface area contributed by atoms with Crippen molar-refractivity contribution in [2.75, 3.05) is 45.2 Å². The molecule has 0 spiro atoms. The van der Waals surface area contributed by atoms with Gasteiger partial charge in [-0.05, 0) is 63.2 Å². The molecule has 1 amide bonds. The van der Waals surface area contributed by atoms with Crippen LogP contribution in [0, 0.1) is 11.2 Å². The number of anilines is 2. The number of halogens is 1. The van der Waals surface area contributed by atoms with Crippen LogP contribution in [-0.4, -0.2) is 70.7 Å². The molecule has 41 heavy (non-hydrogen) atoms. The number of amides is 1. The Balaban J connectivity index is 1.41. The molecule has 0 atom stereocenters. The topological polar surface area (TPSA) is 115 Å². The van der Waals surface area contributed by atoms with Gasteiger partial charge in [0.1, 0.15) is 5.82 Å². The number of aliphatic hydroxyl groups is 1. The van der Waals surface area contributed by atoms with Crippen molar-refractivity contribution in [2.45, 2.75) is 35.4 Å². The van der Waals surface area contributed by atoms with Crippen molar-refractivity contribution < 1.29 is 14.3 Å². The van der Waals surface area contributed by atoms with Crippen LogP contribution >= 0.6 is 23.1 Å². The summed E-state index contributed by atoms with van der Waals surface area (Å²) in [6.45, 7) is 9.34. The number of hydrogen-bond acceptors (Lipinski definition) is 10. The average molecular weight is 598 g/mol. The third kappa shape index (κ3) is 7.77. The zero-order chi connectivity index (χ0) is 29.2. The number of carbonyl (C=O) groups excluding carboxylic acids is 1. The number of pyridine rings is 2. The fourth-order valence-corrected chi connectivity index (χ4v) is 6.81. The van der Waals surface area contributed by atoms with Crippen molar-refractivity contribution in [1.29, 1.82) is 0 Å². The highest BCUT2D eigenvalue weighted by Crippen LogP contribution is 2.39. The predicted molar refractivity (Wildman–Crippen MR) is 162 cm³/mol. The number of piperidine rings is 1. The molecule has 4 N–H and O–H groups in total. The number of hydrogen-bond donors (Lipinski definition) is 4. The van der Waals surface area contributed by atoms with E-state index in [0.717, 1.165) is 47.8 Å². The molecule has 9 nitrogen and oxygen atoms in total. The Morgan fingerprint density at radius 1 is 1.24 bits per heavy atom. The number of allylic oxidation sites excluding steroid dienone is 2. The lowest BCUT2D eigenvalue weighted by molar-refractivity contribution is 0.0867. The largest absolute Gasteiger partial charge is 0.395 e. The summed E-state index contributed by atoms with van der Waals surface area (Å²) in [5.41, 5.74) is 1.58.